The summed E-state index contributed by atoms with van der Waals surface area (Å²) in [7, 11) is 5.58. The second-order valence-electron chi connectivity index (χ2n) is 6.19. The molecule has 0 bridgehead atoms. The minimum Gasteiger partial charge on any atom is -0.545 e. The molecule has 0 radical (unpaired) electrons. The zero-order valence-corrected chi connectivity index (χ0v) is 16.0. The molecule has 3 rings (SSSR count). The molecule has 0 atom stereocenters. The maximum Gasteiger partial charge on any atom is 0.266 e. The monoisotopic (exact) mass is 380 g/mol. The van der Waals surface area contributed by atoms with E-state index in [1.807, 2.05) is 49.3 Å². The smallest absolute Gasteiger partial charge is 0.266 e. The van der Waals surface area contributed by atoms with E-state index in [0.29, 0.717) is 15.8 Å². The van der Waals surface area contributed by atoms with Gasteiger partial charge in [0, 0.05) is 26.8 Å². The first-order valence-electron chi connectivity index (χ1n) is 8.20. The molecule has 0 saturated carbocycles. The fraction of sp³-hybridized carbons (Fsp3) is 0.150. The van der Waals surface area contributed by atoms with Crippen molar-refractivity contribution in [1.29, 1.82) is 0 Å². The van der Waals surface area contributed by atoms with Crippen LogP contribution >= 0.6 is 11.8 Å². The van der Waals surface area contributed by atoms with Gasteiger partial charge in [0.2, 0.25) is 0 Å². The number of amides is 1. The number of carbonyl (C=O) groups is 2. The summed E-state index contributed by atoms with van der Waals surface area (Å²) in [6.07, 6.45) is 1.82. The molecular weight excluding hydrogens is 362 g/mol. The molecule has 1 aliphatic rings. The standard InChI is InChI=1S/C20H19N3O3S/c1-22(2)16-9-7-13(8-10-16)11-17-18(24)23(3)20(27-17)21-15-6-4-5-14(12-15)19(25)26/h4-12H,1-3H3,(H,25,26)/p-1/b17-11-,21-20?. The molecule has 2 aromatic carbocycles. The summed E-state index contributed by atoms with van der Waals surface area (Å²) in [5, 5.41) is 11.5. The number of hydrogen-bond acceptors (Lipinski definition) is 6. The van der Waals surface area contributed by atoms with E-state index in [2.05, 4.69) is 4.99 Å². The summed E-state index contributed by atoms with van der Waals surface area (Å²) in [5.74, 6) is -1.41. The van der Waals surface area contributed by atoms with Gasteiger partial charge in [-0.05, 0) is 53.2 Å². The number of carboxylic acids is 1. The van der Waals surface area contributed by atoms with Crippen LogP contribution < -0.4 is 10.0 Å². The van der Waals surface area contributed by atoms with E-state index in [1.165, 1.54) is 28.8 Å². The molecule has 1 amide bonds. The number of anilines is 1. The first kappa shape index (κ1) is 18.7. The lowest BCUT2D eigenvalue weighted by molar-refractivity contribution is -0.255. The fourth-order valence-corrected chi connectivity index (χ4v) is 3.47. The summed E-state index contributed by atoms with van der Waals surface area (Å²) in [5.41, 5.74) is 2.50. The van der Waals surface area contributed by atoms with E-state index >= 15 is 0 Å². The minimum absolute atomic E-state index is 0.0468. The molecular formula is C20H18N3O3S-. The molecule has 1 aliphatic heterocycles. The van der Waals surface area contributed by atoms with Crippen LogP contribution in [0.2, 0.25) is 0 Å². The van der Waals surface area contributed by atoms with Crippen LogP contribution in [0.1, 0.15) is 15.9 Å². The third-order valence-electron chi connectivity index (χ3n) is 4.02. The number of amidine groups is 1. The highest BCUT2D eigenvalue weighted by atomic mass is 32.2. The van der Waals surface area contributed by atoms with Crippen LogP contribution in [0.4, 0.5) is 11.4 Å². The van der Waals surface area contributed by atoms with Crippen molar-refractivity contribution in [3.05, 3.63) is 64.6 Å². The zero-order chi connectivity index (χ0) is 19.6. The Hall–Kier alpha value is -3.06. The number of carbonyl (C=O) groups excluding carboxylic acids is 2. The fourth-order valence-electron chi connectivity index (χ4n) is 2.48. The predicted molar refractivity (Wildman–Crippen MR) is 107 cm³/mol. The van der Waals surface area contributed by atoms with Crippen LogP contribution in [0.15, 0.2) is 58.4 Å². The average molecular weight is 380 g/mol. The Labute approximate surface area is 161 Å². The molecule has 0 aliphatic carbocycles. The summed E-state index contributed by atoms with van der Waals surface area (Å²) in [6, 6.07) is 14.0. The van der Waals surface area contributed by atoms with Gasteiger partial charge in [0.15, 0.2) is 5.17 Å². The van der Waals surface area contributed by atoms with Gasteiger partial charge in [-0.1, -0.05) is 24.3 Å². The molecule has 6 nitrogen and oxygen atoms in total. The van der Waals surface area contributed by atoms with Gasteiger partial charge < -0.3 is 14.8 Å². The maximum atomic E-state index is 12.5. The van der Waals surface area contributed by atoms with Crippen molar-refractivity contribution >= 4 is 46.3 Å². The molecule has 138 valence electrons. The molecule has 7 heteroatoms. The average Bonchev–Trinajstić information content (AvgIpc) is 2.90. The molecule has 0 unspecified atom stereocenters. The van der Waals surface area contributed by atoms with Gasteiger partial charge in [-0.3, -0.25) is 9.69 Å². The molecule has 1 fully saturated rings. The Balaban J connectivity index is 1.86. The number of rotatable bonds is 4. The van der Waals surface area contributed by atoms with Gasteiger partial charge >= 0.3 is 0 Å². The highest BCUT2D eigenvalue weighted by molar-refractivity contribution is 8.18. The van der Waals surface area contributed by atoms with Crippen LogP contribution in [0.25, 0.3) is 6.08 Å². The van der Waals surface area contributed by atoms with Crippen molar-refractivity contribution in [3.63, 3.8) is 0 Å². The molecule has 1 saturated heterocycles. The van der Waals surface area contributed by atoms with E-state index in [1.54, 1.807) is 19.2 Å². The Morgan fingerprint density at radius 2 is 1.89 bits per heavy atom. The maximum absolute atomic E-state index is 12.5. The lowest BCUT2D eigenvalue weighted by atomic mass is 10.2. The van der Waals surface area contributed by atoms with Crippen LogP contribution in [-0.4, -0.2) is 43.1 Å². The van der Waals surface area contributed by atoms with E-state index in [4.69, 9.17) is 0 Å². The van der Waals surface area contributed by atoms with Crippen molar-refractivity contribution in [2.75, 3.05) is 26.0 Å². The Morgan fingerprint density at radius 3 is 2.52 bits per heavy atom. The minimum atomic E-state index is -1.26. The quantitative estimate of drug-likeness (QED) is 0.761. The number of hydrogen-bond donors (Lipinski definition) is 0. The number of benzene rings is 2. The summed E-state index contributed by atoms with van der Waals surface area (Å²) < 4.78 is 0. The first-order valence-corrected chi connectivity index (χ1v) is 9.02. The number of nitrogens with zero attached hydrogens (tertiary/aromatic N) is 3. The van der Waals surface area contributed by atoms with Gasteiger partial charge in [0.1, 0.15) is 0 Å². The van der Waals surface area contributed by atoms with E-state index in [0.717, 1.165) is 11.3 Å². The van der Waals surface area contributed by atoms with Gasteiger partial charge in [0.05, 0.1) is 16.6 Å². The van der Waals surface area contributed by atoms with E-state index in [-0.39, 0.29) is 11.5 Å². The molecule has 27 heavy (non-hydrogen) atoms. The predicted octanol–water partition coefficient (Wildman–Crippen LogP) is 2.35. The summed E-state index contributed by atoms with van der Waals surface area (Å²) in [4.78, 5) is 31.9. The van der Waals surface area contributed by atoms with Crippen molar-refractivity contribution in [2.45, 2.75) is 0 Å². The topological polar surface area (TPSA) is 76.0 Å². The van der Waals surface area contributed by atoms with Gasteiger partial charge in [-0.15, -0.1) is 0 Å². The van der Waals surface area contributed by atoms with E-state index in [9.17, 15) is 14.7 Å². The van der Waals surface area contributed by atoms with Gasteiger partial charge in [0.25, 0.3) is 5.91 Å². The lowest BCUT2D eigenvalue weighted by Crippen LogP contribution is -2.23. The highest BCUT2D eigenvalue weighted by Crippen LogP contribution is 2.33. The SMILES string of the molecule is CN1C(=O)/C(=C/c2ccc(N(C)C)cc2)SC1=Nc1cccc(C(=O)[O-])c1. The molecule has 0 aromatic heterocycles. The first-order chi connectivity index (χ1) is 12.8. The van der Waals surface area contributed by atoms with Crippen LogP contribution in [-0.2, 0) is 4.79 Å². The summed E-state index contributed by atoms with van der Waals surface area (Å²) >= 11 is 1.26. The third-order valence-corrected chi connectivity index (χ3v) is 5.08. The number of carboxylic acid groups (broad SMARTS) is 1. The number of aliphatic imine (C=N–C) groups is 1. The Morgan fingerprint density at radius 1 is 1.19 bits per heavy atom. The van der Waals surface area contributed by atoms with Crippen molar-refractivity contribution in [1.82, 2.24) is 4.90 Å². The van der Waals surface area contributed by atoms with Gasteiger partial charge in [-0.25, -0.2) is 4.99 Å². The van der Waals surface area contributed by atoms with Crippen LogP contribution in [0.3, 0.4) is 0 Å². The number of thioether (sulfide) groups is 1. The van der Waals surface area contributed by atoms with Crippen LogP contribution in [0.5, 0.6) is 0 Å². The number of aromatic carboxylic acids is 1. The second kappa shape index (κ2) is 7.67. The Kier molecular flexibility index (Phi) is 5.32. The third kappa shape index (κ3) is 4.20. The molecule has 0 spiro atoms. The highest BCUT2D eigenvalue weighted by Gasteiger charge is 2.30. The Bertz CT molecular complexity index is 949. The van der Waals surface area contributed by atoms with Crippen molar-refractivity contribution in [3.8, 4) is 0 Å². The van der Waals surface area contributed by atoms with Crippen LogP contribution in [0, 0.1) is 0 Å². The van der Waals surface area contributed by atoms with Gasteiger partial charge in [-0.2, -0.15) is 0 Å². The normalized spacial score (nSPS) is 17.0. The lowest BCUT2D eigenvalue weighted by Gasteiger charge is -2.11. The molecule has 1 heterocycles. The largest absolute Gasteiger partial charge is 0.545 e. The van der Waals surface area contributed by atoms with E-state index < -0.39 is 5.97 Å². The van der Waals surface area contributed by atoms with Crippen molar-refractivity contribution < 1.29 is 14.7 Å². The summed E-state index contributed by atoms with van der Waals surface area (Å²) in [6.45, 7) is 0. The second-order valence-corrected chi connectivity index (χ2v) is 7.20. The molecule has 2 aromatic rings. The van der Waals surface area contributed by atoms with Crippen molar-refractivity contribution in [2.24, 2.45) is 4.99 Å². The molecule has 0 N–H and O–H groups in total. The zero-order valence-electron chi connectivity index (χ0n) is 15.2. The number of likely N-dealkylation sites (N-methyl/N-ethyl adjacent to an activating group) is 1.